The van der Waals surface area contributed by atoms with Crippen LogP contribution < -0.4 is 0 Å². The van der Waals surface area contributed by atoms with Crippen molar-refractivity contribution in [2.45, 2.75) is 6.54 Å². The molecule has 0 aromatic carbocycles. The number of hydrogen-bond donors (Lipinski definition) is 0. The summed E-state index contributed by atoms with van der Waals surface area (Å²) in [6, 6.07) is 0. The van der Waals surface area contributed by atoms with Gasteiger partial charge in [-0.25, -0.2) is 8.96 Å². The molecule has 0 saturated heterocycles. The lowest BCUT2D eigenvalue weighted by molar-refractivity contribution is 0.108. The van der Waals surface area contributed by atoms with E-state index in [9.17, 15) is 8.09 Å². The monoisotopic (exact) mass is 279 g/mol. The zero-order valence-corrected chi connectivity index (χ0v) is 11.4. The van der Waals surface area contributed by atoms with Gasteiger partial charge < -0.3 is 9.47 Å². The van der Waals surface area contributed by atoms with Crippen molar-refractivity contribution < 1.29 is 17.6 Å². The number of methoxy groups -OCH3 is 2. The number of nitrogens with zero attached hydrogens (tertiary/aromatic N) is 3. The molecular weight excluding hydrogens is 261 g/mol. The predicted molar refractivity (Wildman–Crippen MR) is 65.9 cm³/mol. The summed E-state index contributed by atoms with van der Waals surface area (Å²) in [7, 11) is 3.23. The summed E-state index contributed by atoms with van der Waals surface area (Å²) in [6.07, 6.45) is 2.79. The van der Waals surface area contributed by atoms with Gasteiger partial charge in [0.1, 0.15) is 5.82 Å². The van der Waals surface area contributed by atoms with Gasteiger partial charge in [0.05, 0.1) is 19.8 Å². The van der Waals surface area contributed by atoms with Crippen LogP contribution in [0.25, 0.3) is 0 Å². The first-order chi connectivity index (χ1) is 8.69. The molecule has 0 fully saturated rings. The fraction of sp³-hybridized carbons (Fsp3) is 0.700. The first kappa shape index (κ1) is 15.2. The zero-order chi connectivity index (χ0) is 13.4. The lowest BCUT2D eigenvalue weighted by Crippen LogP contribution is -2.31. The van der Waals surface area contributed by atoms with Gasteiger partial charge >= 0.3 is 11.4 Å². The van der Waals surface area contributed by atoms with Crippen molar-refractivity contribution in [3.05, 3.63) is 18.2 Å². The standard InChI is InChI=1S/C10H18FN3O3S/c1-16-7-5-13(6-8-17-2)9-10-12-3-4-14(10)18(11)15/h3-4H,5-9H2,1-2H3. The lowest BCUT2D eigenvalue weighted by atomic mass is 10.4. The van der Waals surface area contributed by atoms with Gasteiger partial charge in [-0.05, 0) is 0 Å². The number of rotatable bonds is 9. The van der Waals surface area contributed by atoms with Crippen molar-refractivity contribution in [3.63, 3.8) is 0 Å². The highest BCUT2D eigenvalue weighted by Crippen LogP contribution is 2.05. The van der Waals surface area contributed by atoms with Crippen LogP contribution in [0.2, 0.25) is 0 Å². The Labute approximate surface area is 109 Å². The second-order valence-electron chi connectivity index (χ2n) is 3.64. The number of imidazole rings is 1. The molecule has 1 atom stereocenters. The fourth-order valence-corrected chi connectivity index (χ4v) is 1.90. The van der Waals surface area contributed by atoms with Crippen LogP contribution in [0.5, 0.6) is 0 Å². The van der Waals surface area contributed by atoms with E-state index in [1.165, 1.54) is 12.4 Å². The lowest BCUT2D eigenvalue weighted by Gasteiger charge is -2.20. The summed E-state index contributed by atoms with van der Waals surface area (Å²) >= 11 is -2.57. The maximum Gasteiger partial charge on any atom is 0.309 e. The molecule has 18 heavy (non-hydrogen) atoms. The van der Waals surface area contributed by atoms with Crippen molar-refractivity contribution in [1.29, 1.82) is 0 Å². The van der Waals surface area contributed by atoms with E-state index in [1.807, 2.05) is 4.90 Å². The Morgan fingerprint density at radius 3 is 2.50 bits per heavy atom. The minimum absolute atomic E-state index is 0.398. The van der Waals surface area contributed by atoms with E-state index in [2.05, 4.69) is 4.98 Å². The van der Waals surface area contributed by atoms with E-state index >= 15 is 0 Å². The van der Waals surface area contributed by atoms with Crippen molar-refractivity contribution >= 4 is 11.4 Å². The third-order valence-electron chi connectivity index (χ3n) is 2.42. The van der Waals surface area contributed by atoms with E-state index in [4.69, 9.17) is 9.47 Å². The number of hydrogen-bond acceptors (Lipinski definition) is 5. The molecule has 0 saturated carbocycles. The zero-order valence-electron chi connectivity index (χ0n) is 10.5. The highest BCUT2D eigenvalue weighted by atomic mass is 32.2. The second-order valence-corrected chi connectivity index (χ2v) is 4.44. The average Bonchev–Trinajstić information content (AvgIpc) is 2.80. The van der Waals surface area contributed by atoms with Gasteiger partial charge in [0.15, 0.2) is 0 Å². The fourth-order valence-electron chi connectivity index (χ4n) is 1.47. The summed E-state index contributed by atoms with van der Waals surface area (Å²) in [6.45, 7) is 2.86. The Morgan fingerprint density at radius 2 is 2.00 bits per heavy atom. The molecule has 0 spiro atoms. The van der Waals surface area contributed by atoms with Crippen LogP contribution in [0.1, 0.15) is 5.82 Å². The van der Waals surface area contributed by atoms with Crippen LogP contribution in [0.15, 0.2) is 12.4 Å². The summed E-state index contributed by atoms with van der Waals surface area (Å²) in [5.74, 6) is 0.419. The Balaban J connectivity index is 2.62. The van der Waals surface area contributed by atoms with Gasteiger partial charge in [-0.1, -0.05) is 0 Å². The quantitative estimate of drug-likeness (QED) is 0.611. The third-order valence-corrected chi connectivity index (χ3v) is 3.06. The number of ether oxygens (including phenoxy) is 2. The van der Waals surface area contributed by atoms with Crippen molar-refractivity contribution in [2.75, 3.05) is 40.5 Å². The smallest absolute Gasteiger partial charge is 0.309 e. The molecular formula is C10H18FN3O3S. The summed E-state index contributed by atoms with van der Waals surface area (Å²) in [5, 5.41) is 0. The molecule has 1 aromatic rings. The molecule has 0 N–H and O–H groups in total. The average molecular weight is 279 g/mol. The van der Waals surface area contributed by atoms with Crippen LogP contribution in [0.4, 0.5) is 3.89 Å². The van der Waals surface area contributed by atoms with E-state index in [1.54, 1.807) is 14.2 Å². The van der Waals surface area contributed by atoms with E-state index in [0.29, 0.717) is 38.7 Å². The largest absolute Gasteiger partial charge is 0.383 e. The van der Waals surface area contributed by atoms with Gasteiger partial charge in [0, 0.05) is 39.7 Å². The van der Waals surface area contributed by atoms with Crippen molar-refractivity contribution in [3.8, 4) is 0 Å². The van der Waals surface area contributed by atoms with Gasteiger partial charge in [-0.2, -0.15) is 4.21 Å². The van der Waals surface area contributed by atoms with Crippen LogP contribution >= 0.6 is 0 Å². The van der Waals surface area contributed by atoms with Crippen molar-refractivity contribution in [2.24, 2.45) is 0 Å². The van der Waals surface area contributed by atoms with Crippen molar-refractivity contribution in [1.82, 2.24) is 13.9 Å². The Kier molecular flexibility index (Phi) is 7.02. The highest BCUT2D eigenvalue weighted by molar-refractivity contribution is 7.78. The Hall–Kier alpha value is -0.830. The first-order valence-corrected chi connectivity index (χ1v) is 6.50. The van der Waals surface area contributed by atoms with Crippen LogP contribution in [-0.4, -0.2) is 58.6 Å². The van der Waals surface area contributed by atoms with E-state index in [-0.39, 0.29) is 0 Å². The summed E-state index contributed by atoms with van der Waals surface area (Å²) < 4.78 is 34.7. The van der Waals surface area contributed by atoms with Crippen LogP contribution in [-0.2, 0) is 27.4 Å². The molecule has 6 nitrogen and oxygen atoms in total. The van der Waals surface area contributed by atoms with Crippen LogP contribution in [0.3, 0.4) is 0 Å². The molecule has 0 aliphatic heterocycles. The van der Waals surface area contributed by atoms with Gasteiger partial charge in [-0.3, -0.25) is 4.90 Å². The molecule has 0 amide bonds. The minimum Gasteiger partial charge on any atom is -0.383 e. The number of halogens is 1. The van der Waals surface area contributed by atoms with E-state index in [0.717, 1.165) is 3.97 Å². The molecule has 1 unspecified atom stereocenters. The second kappa shape index (κ2) is 8.30. The highest BCUT2D eigenvalue weighted by Gasteiger charge is 2.13. The Morgan fingerprint density at radius 1 is 1.39 bits per heavy atom. The van der Waals surface area contributed by atoms with Gasteiger partial charge in [0.25, 0.3) is 0 Å². The SMILES string of the molecule is COCCN(CCOC)Cc1nccn1S(=O)F. The Bertz CT molecular complexity index is 367. The molecule has 1 aromatic heterocycles. The molecule has 0 aliphatic rings. The normalized spacial score (nSPS) is 13.1. The van der Waals surface area contributed by atoms with Gasteiger partial charge in [-0.15, -0.1) is 3.89 Å². The molecule has 8 heteroatoms. The first-order valence-electron chi connectivity index (χ1n) is 5.50. The maximum atomic E-state index is 12.8. The summed E-state index contributed by atoms with van der Waals surface area (Å²) in [5.41, 5.74) is 0. The van der Waals surface area contributed by atoms with Gasteiger partial charge in [0.2, 0.25) is 0 Å². The third kappa shape index (κ3) is 4.81. The molecule has 1 rings (SSSR count). The number of aromatic nitrogens is 2. The minimum atomic E-state index is -2.57. The molecule has 0 bridgehead atoms. The maximum absolute atomic E-state index is 12.8. The summed E-state index contributed by atoms with van der Waals surface area (Å²) in [4.78, 5) is 6.00. The molecule has 0 radical (unpaired) electrons. The topological polar surface area (TPSA) is 56.6 Å². The van der Waals surface area contributed by atoms with E-state index < -0.39 is 11.4 Å². The molecule has 0 aliphatic carbocycles. The van der Waals surface area contributed by atoms with Crippen LogP contribution in [0, 0.1) is 0 Å². The molecule has 104 valence electrons. The molecule has 1 heterocycles. The predicted octanol–water partition coefficient (Wildman–Crippen LogP) is 0.374.